The van der Waals surface area contributed by atoms with Crippen molar-refractivity contribution in [3.63, 3.8) is 0 Å². The van der Waals surface area contributed by atoms with E-state index in [9.17, 15) is 53.9 Å². The molecule has 0 aliphatic carbocycles. The molecule has 3 atom stereocenters. The minimum atomic E-state index is -4.94. The minimum absolute atomic E-state index is 0.175. The Morgan fingerprint density at radius 2 is 1.57 bits per heavy atom. The SMILES string of the molecule is Cc1cccc(C2=N[C@H](NC(=O)C(CCC(F)(F)F)C(CCCC(F)(F)F)C(N)=O)C(=O)Nc3c2cccc3C(F)(F)F)c1. The molecule has 7 nitrogen and oxygen atoms in total. The Morgan fingerprint density at radius 3 is 2.14 bits per heavy atom. The van der Waals surface area contributed by atoms with Crippen LogP contribution >= 0.6 is 0 Å². The number of nitrogens with two attached hydrogens (primary N) is 1. The second-order valence-electron chi connectivity index (χ2n) is 10.3. The zero-order valence-electron chi connectivity index (χ0n) is 23.0. The number of hydrogen-bond donors (Lipinski definition) is 3. The van der Waals surface area contributed by atoms with Gasteiger partial charge in [0.1, 0.15) is 0 Å². The van der Waals surface area contributed by atoms with Crippen molar-refractivity contribution < 1.29 is 53.9 Å². The number of aliphatic imine (C=N–C) groups is 1. The van der Waals surface area contributed by atoms with Gasteiger partial charge in [-0.2, -0.15) is 39.5 Å². The highest BCUT2D eigenvalue weighted by molar-refractivity contribution is 6.20. The molecule has 2 aromatic carbocycles. The first-order chi connectivity index (χ1) is 20.3. The number of nitrogens with one attached hydrogen (secondary N) is 2. The van der Waals surface area contributed by atoms with E-state index >= 15 is 0 Å². The van der Waals surface area contributed by atoms with Gasteiger partial charge in [-0.3, -0.25) is 14.4 Å². The fourth-order valence-corrected chi connectivity index (χ4v) is 4.83. The van der Waals surface area contributed by atoms with Crippen LogP contribution in [0.1, 0.15) is 54.4 Å². The fourth-order valence-electron chi connectivity index (χ4n) is 4.83. The van der Waals surface area contributed by atoms with Gasteiger partial charge in [-0.05, 0) is 38.3 Å². The number of carbonyl (C=O) groups excluding carboxylic acids is 3. The molecule has 0 radical (unpaired) electrons. The van der Waals surface area contributed by atoms with Gasteiger partial charge in [-0.1, -0.05) is 35.9 Å². The minimum Gasteiger partial charge on any atom is -0.369 e. The van der Waals surface area contributed by atoms with E-state index in [1.165, 1.54) is 18.2 Å². The molecule has 2 unspecified atom stereocenters. The topological polar surface area (TPSA) is 114 Å². The molecule has 2 aromatic rings. The third-order valence-corrected chi connectivity index (χ3v) is 6.85. The number of para-hydroxylation sites is 1. The summed E-state index contributed by atoms with van der Waals surface area (Å²) in [6, 6.07) is 9.26. The van der Waals surface area contributed by atoms with Crippen LogP contribution in [-0.2, 0) is 20.6 Å². The molecule has 0 aromatic heterocycles. The third-order valence-electron chi connectivity index (χ3n) is 6.85. The summed E-state index contributed by atoms with van der Waals surface area (Å²) in [6.07, 6.45) is -22.0. The molecule has 1 aliphatic heterocycles. The van der Waals surface area contributed by atoms with Gasteiger partial charge in [-0.15, -0.1) is 0 Å². The van der Waals surface area contributed by atoms with E-state index in [0.29, 0.717) is 11.6 Å². The standard InChI is InChI=1S/C28H27F9N4O3/c1-14-5-2-6-15(13-14)20-18-7-3-9-19(28(35,36)37)21(18)40-25(44)23(39-20)41-24(43)17(10-12-27(32,33)34)16(22(38)42)8-4-11-26(29,30)31/h2-3,5-7,9,13,16-17,23H,4,8,10-12H2,1H3,(H2,38,42)(H,40,44)(H,41,43)/t16?,17?,23-/m1/s1. The van der Waals surface area contributed by atoms with Gasteiger partial charge in [0, 0.05) is 35.8 Å². The number of rotatable bonds is 10. The first-order valence-corrected chi connectivity index (χ1v) is 13.2. The van der Waals surface area contributed by atoms with Crippen LogP contribution in [0.4, 0.5) is 45.2 Å². The summed E-state index contributed by atoms with van der Waals surface area (Å²) in [6.45, 7) is 1.67. The lowest BCUT2D eigenvalue weighted by molar-refractivity contribution is -0.147. The van der Waals surface area contributed by atoms with Crippen LogP contribution in [0.15, 0.2) is 47.5 Å². The largest absolute Gasteiger partial charge is 0.418 e. The highest BCUT2D eigenvalue weighted by atomic mass is 19.4. The molecule has 0 fully saturated rings. The van der Waals surface area contributed by atoms with Gasteiger partial charge in [0.2, 0.25) is 18.0 Å². The van der Waals surface area contributed by atoms with E-state index < -0.39 is 97.6 Å². The fraction of sp³-hybridized carbons (Fsp3) is 0.429. The Kier molecular flexibility index (Phi) is 10.4. The van der Waals surface area contributed by atoms with Crippen molar-refractivity contribution in [2.24, 2.45) is 22.6 Å². The Labute approximate surface area is 245 Å². The first kappa shape index (κ1) is 34.4. The summed E-state index contributed by atoms with van der Waals surface area (Å²) in [5.41, 5.74) is 3.89. The number of halogens is 9. The summed E-state index contributed by atoms with van der Waals surface area (Å²) in [4.78, 5) is 42.8. The lowest BCUT2D eigenvalue weighted by Gasteiger charge is -2.26. The number of fused-ring (bicyclic) bond motifs is 1. The molecule has 0 spiro atoms. The number of alkyl halides is 9. The van der Waals surface area contributed by atoms with Gasteiger partial charge in [0.25, 0.3) is 5.91 Å². The molecule has 0 saturated heterocycles. The smallest absolute Gasteiger partial charge is 0.369 e. The molecule has 3 rings (SSSR count). The predicted octanol–water partition coefficient (Wildman–Crippen LogP) is 6.04. The van der Waals surface area contributed by atoms with Crippen molar-refractivity contribution in [3.05, 3.63) is 64.7 Å². The van der Waals surface area contributed by atoms with Gasteiger partial charge in [-0.25, -0.2) is 4.99 Å². The number of nitrogens with zero attached hydrogens (tertiary/aromatic N) is 1. The summed E-state index contributed by atoms with van der Waals surface area (Å²) < 4.78 is 119. The summed E-state index contributed by atoms with van der Waals surface area (Å²) in [5.74, 6) is -7.74. The summed E-state index contributed by atoms with van der Waals surface area (Å²) in [7, 11) is 0. The maximum absolute atomic E-state index is 13.9. The average Bonchev–Trinajstić information content (AvgIpc) is 3.01. The lowest BCUT2D eigenvalue weighted by Crippen LogP contribution is -2.48. The van der Waals surface area contributed by atoms with E-state index in [1.54, 1.807) is 19.1 Å². The third kappa shape index (κ3) is 9.19. The van der Waals surface area contributed by atoms with Crippen molar-refractivity contribution in [1.82, 2.24) is 5.32 Å². The molecule has 4 N–H and O–H groups in total. The number of anilines is 1. The number of primary amides is 1. The molecule has 0 bridgehead atoms. The second-order valence-corrected chi connectivity index (χ2v) is 10.3. The van der Waals surface area contributed by atoms with Crippen LogP contribution < -0.4 is 16.4 Å². The molecule has 44 heavy (non-hydrogen) atoms. The van der Waals surface area contributed by atoms with Crippen molar-refractivity contribution in [2.45, 2.75) is 63.7 Å². The molecular formula is C28H27F9N4O3. The van der Waals surface area contributed by atoms with E-state index in [2.05, 4.69) is 15.6 Å². The number of amides is 3. The highest BCUT2D eigenvalue weighted by Crippen LogP contribution is 2.39. The van der Waals surface area contributed by atoms with Crippen LogP contribution in [0.5, 0.6) is 0 Å². The maximum atomic E-state index is 13.9. The van der Waals surface area contributed by atoms with Crippen LogP contribution in [0.3, 0.4) is 0 Å². The number of carbonyl (C=O) groups is 3. The zero-order chi connectivity index (χ0) is 33.0. The monoisotopic (exact) mass is 638 g/mol. The average molecular weight is 639 g/mol. The van der Waals surface area contributed by atoms with Crippen LogP contribution in [0, 0.1) is 18.8 Å². The Bertz CT molecular complexity index is 1420. The van der Waals surface area contributed by atoms with Crippen molar-refractivity contribution in [1.29, 1.82) is 0 Å². The van der Waals surface area contributed by atoms with Gasteiger partial charge >= 0.3 is 18.5 Å². The number of benzene rings is 2. The van der Waals surface area contributed by atoms with Gasteiger partial charge < -0.3 is 16.4 Å². The van der Waals surface area contributed by atoms with Crippen molar-refractivity contribution >= 4 is 29.1 Å². The van der Waals surface area contributed by atoms with E-state index in [1.807, 2.05) is 0 Å². The molecular weight excluding hydrogens is 611 g/mol. The molecule has 0 saturated carbocycles. The molecule has 1 aliphatic rings. The first-order valence-electron chi connectivity index (χ1n) is 13.2. The van der Waals surface area contributed by atoms with Crippen LogP contribution in [-0.4, -0.2) is 42.0 Å². The summed E-state index contributed by atoms with van der Waals surface area (Å²) >= 11 is 0. The number of benzodiazepines with no additional fused rings is 1. The van der Waals surface area contributed by atoms with E-state index in [-0.39, 0.29) is 16.8 Å². The van der Waals surface area contributed by atoms with Gasteiger partial charge in [0.15, 0.2) is 0 Å². The number of hydrogen-bond acceptors (Lipinski definition) is 4. The quantitative estimate of drug-likeness (QED) is 0.276. The normalized spacial score (nSPS) is 17.1. The second kappa shape index (κ2) is 13.3. The molecule has 240 valence electrons. The van der Waals surface area contributed by atoms with Crippen molar-refractivity contribution in [3.8, 4) is 0 Å². The van der Waals surface area contributed by atoms with E-state index in [0.717, 1.165) is 6.07 Å². The highest BCUT2D eigenvalue weighted by Gasteiger charge is 2.41. The molecule has 16 heteroatoms. The lowest BCUT2D eigenvalue weighted by atomic mass is 9.83. The maximum Gasteiger partial charge on any atom is 0.418 e. The van der Waals surface area contributed by atoms with E-state index in [4.69, 9.17) is 5.73 Å². The summed E-state index contributed by atoms with van der Waals surface area (Å²) in [5, 5.41) is 4.16. The Hall–Kier alpha value is -4.11. The Balaban J connectivity index is 2.06. The van der Waals surface area contributed by atoms with Crippen LogP contribution in [0.2, 0.25) is 0 Å². The van der Waals surface area contributed by atoms with Crippen molar-refractivity contribution in [2.75, 3.05) is 5.32 Å². The van der Waals surface area contributed by atoms with Crippen LogP contribution in [0.25, 0.3) is 0 Å². The Morgan fingerprint density at radius 1 is 0.932 bits per heavy atom. The predicted molar refractivity (Wildman–Crippen MR) is 140 cm³/mol. The zero-order valence-corrected chi connectivity index (χ0v) is 23.0. The number of aryl methyl sites for hydroxylation is 1. The van der Waals surface area contributed by atoms with Gasteiger partial charge in [0.05, 0.1) is 17.0 Å². The molecule has 1 heterocycles. The molecule has 3 amide bonds.